The van der Waals surface area contributed by atoms with Gasteiger partial charge in [-0.05, 0) is 39.8 Å². The molecule has 0 N–H and O–H groups in total. The van der Waals surface area contributed by atoms with Crippen molar-refractivity contribution in [3.05, 3.63) is 46.4 Å². The highest BCUT2D eigenvalue weighted by Crippen LogP contribution is 2.36. The van der Waals surface area contributed by atoms with E-state index in [-0.39, 0.29) is 5.82 Å². The van der Waals surface area contributed by atoms with Crippen molar-refractivity contribution in [3.63, 3.8) is 0 Å². The third kappa shape index (κ3) is 3.23. The van der Waals surface area contributed by atoms with Crippen LogP contribution >= 0.6 is 15.9 Å². The molecule has 0 atom stereocenters. The van der Waals surface area contributed by atoms with Crippen molar-refractivity contribution in [3.8, 4) is 0 Å². The van der Waals surface area contributed by atoms with E-state index in [1.54, 1.807) is 16.9 Å². The van der Waals surface area contributed by atoms with Crippen LogP contribution in [0.5, 0.6) is 0 Å². The molecule has 0 unspecified atom stereocenters. The Labute approximate surface area is 144 Å². The van der Waals surface area contributed by atoms with Crippen molar-refractivity contribution < 1.29 is 13.7 Å². The first-order chi connectivity index (χ1) is 10.7. The first-order valence-electron chi connectivity index (χ1n) is 7.50. The van der Waals surface area contributed by atoms with Crippen LogP contribution in [-0.2, 0) is 15.9 Å². The molecule has 122 valence electrons. The molecular weight excluding hydrogens is 362 g/mol. The zero-order valence-corrected chi connectivity index (χ0v) is 15.2. The number of benzene rings is 1. The van der Waals surface area contributed by atoms with Crippen molar-refractivity contribution in [1.29, 1.82) is 0 Å². The van der Waals surface area contributed by atoms with E-state index in [0.29, 0.717) is 12.1 Å². The van der Waals surface area contributed by atoms with Gasteiger partial charge in [-0.3, -0.25) is 4.68 Å². The van der Waals surface area contributed by atoms with Gasteiger partial charge in [-0.15, -0.1) is 0 Å². The van der Waals surface area contributed by atoms with E-state index >= 15 is 0 Å². The number of hydrogen-bond donors (Lipinski definition) is 0. The van der Waals surface area contributed by atoms with Crippen LogP contribution in [0.2, 0.25) is 0 Å². The second kappa shape index (κ2) is 5.72. The molecule has 1 aliphatic heterocycles. The monoisotopic (exact) mass is 380 g/mol. The number of hydrogen-bond acceptors (Lipinski definition) is 3. The molecule has 0 amide bonds. The summed E-state index contributed by atoms with van der Waals surface area (Å²) in [6.07, 6.45) is 3.54. The van der Waals surface area contributed by atoms with Gasteiger partial charge < -0.3 is 9.31 Å². The number of rotatable bonds is 3. The number of aromatic nitrogens is 2. The SMILES string of the molecule is CC1(C)OB(c2cnn(Cc3ccc(Br)cc3F)c2)OC1(C)C. The minimum Gasteiger partial charge on any atom is -0.399 e. The Morgan fingerprint density at radius 1 is 1.22 bits per heavy atom. The van der Waals surface area contributed by atoms with Gasteiger partial charge in [0.15, 0.2) is 0 Å². The van der Waals surface area contributed by atoms with Crippen LogP contribution in [0.15, 0.2) is 35.1 Å². The van der Waals surface area contributed by atoms with Crippen LogP contribution in [0.1, 0.15) is 33.3 Å². The van der Waals surface area contributed by atoms with Crippen molar-refractivity contribution in [2.45, 2.75) is 45.4 Å². The summed E-state index contributed by atoms with van der Waals surface area (Å²) in [6, 6.07) is 5.01. The van der Waals surface area contributed by atoms with Gasteiger partial charge in [0, 0.05) is 27.9 Å². The summed E-state index contributed by atoms with van der Waals surface area (Å²) in [5.41, 5.74) is 0.632. The predicted octanol–water partition coefficient (Wildman–Crippen LogP) is 3.13. The molecule has 7 heteroatoms. The lowest BCUT2D eigenvalue weighted by atomic mass is 9.82. The van der Waals surface area contributed by atoms with E-state index in [2.05, 4.69) is 21.0 Å². The van der Waals surface area contributed by atoms with Gasteiger partial charge in [0.1, 0.15) is 5.82 Å². The van der Waals surface area contributed by atoms with Crippen molar-refractivity contribution >= 4 is 28.5 Å². The highest BCUT2D eigenvalue weighted by molar-refractivity contribution is 9.10. The molecule has 1 aromatic heterocycles. The Morgan fingerprint density at radius 3 is 2.48 bits per heavy atom. The fourth-order valence-electron chi connectivity index (χ4n) is 2.39. The van der Waals surface area contributed by atoms with Gasteiger partial charge >= 0.3 is 7.12 Å². The van der Waals surface area contributed by atoms with Gasteiger partial charge in [-0.1, -0.05) is 22.0 Å². The fraction of sp³-hybridized carbons (Fsp3) is 0.438. The standard InChI is InChI=1S/C16H19BBrFN2O2/c1-15(2)16(3,4)23-17(22-15)12-8-20-21(10-12)9-11-5-6-13(18)7-14(11)19/h5-8,10H,9H2,1-4H3. The van der Waals surface area contributed by atoms with Gasteiger partial charge in [-0.2, -0.15) is 5.10 Å². The van der Waals surface area contributed by atoms with Gasteiger partial charge in [0.25, 0.3) is 0 Å². The number of nitrogens with zero attached hydrogens (tertiary/aromatic N) is 2. The van der Waals surface area contributed by atoms with E-state index in [9.17, 15) is 4.39 Å². The molecule has 23 heavy (non-hydrogen) atoms. The normalized spacial score (nSPS) is 19.3. The average molecular weight is 381 g/mol. The smallest absolute Gasteiger partial charge is 0.399 e. The second-order valence-corrected chi connectivity index (χ2v) is 7.71. The van der Waals surface area contributed by atoms with Crippen LogP contribution in [-0.4, -0.2) is 28.1 Å². The Hall–Kier alpha value is -1.18. The summed E-state index contributed by atoms with van der Waals surface area (Å²) in [4.78, 5) is 0. The summed E-state index contributed by atoms with van der Waals surface area (Å²) in [6.45, 7) is 8.39. The molecule has 3 rings (SSSR count). The second-order valence-electron chi connectivity index (χ2n) is 6.80. The van der Waals surface area contributed by atoms with E-state index < -0.39 is 18.3 Å². The lowest BCUT2D eigenvalue weighted by Crippen LogP contribution is -2.41. The van der Waals surface area contributed by atoms with Crippen molar-refractivity contribution in [1.82, 2.24) is 9.78 Å². The first-order valence-corrected chi connectivity index (χ1v) is 8.29. The Kier molecular flexibility index (Phi) is 4.15. The van der Waals surface area contributed by atoms with Gasteiger partial charge in [-0.25, -0.2) is 4.39 Å². The molecule has 0 radical (unpaired) electrons. The van der Waals surface area contributed by atoms with E-state index in [4.69, 9.17) is 9.31 Å². The molecule has 1 aromatic carbocycles. The van der Waals surface area contributed by atoms with Crippen LogP contribution in [0, 0.1) is 5.82 Å². The maximum absolute atomic E-state index is 13.9. The lowest BCUT2D eigenvalue weighted by Gasteiger charge is -2.32. The largest absolute Gasteiger partial charge is 0.498 e. The summed E-state index contributed by atoms with van der Waals surface area (Å²) in [5, 5.41) is 4.29. The Morgan fingerprint density at radius 2 is 1.87 bits per heavy atom. The van der Waals surface area contributed by atoms with E-state index in [1.807, 2.05) is 40.0 Å². The third-order valence-corrected chi connectivity index (χ3v) is 5.02. The number of halogens is 2. The minimum atomic E-state index is -0.455. The molecule has 2 aromatic rings. The minimum absolute atomic E-state index is 0.257. The predicted molar refractivity (Wildman–Crippen MR) is 91.1 cm³/mol. The highest BCUT2D eigenvalue weighted by Gasteiger charge is 2.52. The first kappa shape index (κ1) is 16.7. The van der Waals surface area contributed by atoms with Crippen LogP contribution in [0.4, 0.5) is 4.39 Å². The molecule has 1 fully saturated rings. The highest BCUT2D eigenvalue weighted by atomic mass is 79.9. The summed E-state index contributed by atoms with van der Waals surface area (Å²) < 4.78 is 28.3. The van der Waals surface area contributed by atoms with Gasteiger partial charge in [0.2, 0.25) is 0 Å². The topological polar surface area (TPSA) is 36.3 Å². The summed E-state index contributed by atoms with van der Waals surface area (Å²) >= 11 is 3.26. The molecule has 1 saturated heterocycles. The van der Waals surface area contributed by atoms with Crippen LogP contribution < -0.4 is 5.46 Å². The molecule has 0 saturated carbocycles. The lowest BCUT2D eigenvalue weighted by molar-refractivity contribution is 0.00578. The molecule has 1 aliphatic rings. The summed E-state index contributed by atoms with van der Waals surface area (Å²) in [5.74, 6) is -0.257. The van der Waals surface area contributed by atoms with Crippen molar-refractivity contribution in [2.24, 2.45) is 0 Å². The van der Waals surface area contributed by atoms with E-state index in [1.165, 1.54) is 6.07 Å². The summed E-state index contributed by atoms with van der Waals surface area (Å²) in [7, 11) is -0.455. The average Bonchev–Trinajstić information content (AvgIpc) is 2.96. The molecule has 4 nitrogen and oxygen atoms in total. The third-order valence-electron chi connectivity index (χ3n) is 4.53. The van der Waals surface area contributed by atoms with Crippen LogP contribution in [0.3, 0.4) is 0 Å². The fourth-order valence-corrected chi connectivity index (χ4v) is 2.72. The maximum atomic E-state index is 13.9. The quantitative estimate of drug-likeness (QED) is 0.767. The van der Waals surface area contributed by atoms with E-state index in [0.717, 1.165) is 9.94 Å². The Bertz CT molecular complexity index is 717. The zero-order valence-electron chi connectivity index (χ0n) is 13.6. The van der Waals surface area contributed by atoms with Crippen LogP contribution in [0.25, 0.3) is 0 Å². The molecule has 0 spiro atoms. The Balaban J connectivity index is 1.77. The van der Waals surface area contributed by atoms with Gasteiger partial charge in [0.05, 0.1) is 17.7 Å². The molecule has 0 aliphatic carbocycles. The molecule has 0 bridgehead atoms. The van der Waals surface area contributed by atoms with Crippen molar-refractivity contribution in [2.75, 3.05) is 0 Å². The molecular formula is C16H19BBrFN2O2. The zero-order chi connectivity index (χ0) is 16.8. The maximum Gasteiger partial charge on any atom is 0.498 e. The molecule has 2 heterocycles.